The molecule has 6 heteroatoms. The van der Waals surface area contributed by atoms with Crippen LogP contribution in [0.5, 0.6) is 0 Å². The third-order valence-corrected chi connectivity index (χ3v) is 3.21. The molecule has 0 aliphatic heterocycles. The van der Waals surface area contributed by atoms with Gasteiger partial charge in [-0.1, -0.05) is 26.0 Å². The van der Waals surface area contributed by atoms with Crippen molar-refractivity contribution in [3.8, 4) is 6.07 Å². The van der Waals surface area contributed by atoms with Crippen LogP contribution in [0.1, 0.15) is 36.3 Å². The first kappa shape index (κ1) is 16.4. The number of nitrogens with one attached hydrogen (secondary N) is 2. The highest BCUT2D eigenvalue weighted by atomic mass is 16.1. The van der Waals surface area contributed by atoms with Crippen molar-refractivity contribution in [3.05, 3.63) is 47.7 Å². The topological polar surface area (TPSA) is 90.7 Å². The summed E-state index contributed by atoms with van der Waals surface area (Å²) in [6, 6.07) is 12.5. The Morgan fingerprint density at radius 3 is 2.65 bits per heavy atom. The summed E-state index contributed by atoms with van der Waals surface area (Å²) in [5.74, 6) is 0.779. The zero-order chi connectivity index (χ0) is 16.7. The van der Waals surface area contributed by atoms with Crippen LogP contribution < -0.4 is 10.6 Å². The number of hydrogen-bond acceptors (Lipinski definition) is 5. The Labute approximate surface area is 135 Å². The molecule has 0 bridgehead atoms. The zero-order valence-electron chi connectivity index (χ0n) is 13.2. The molecule has 1 aromatic heterocycles. The van der Waals surface area contributed by atoms with Crippen LogP contribution in [0, 0.1) is 17.2 Å². The maximum absolute atomic E-state index is 11.9. The summed E-state index contributed by atoms with van der Waals surface area (Å²) in [5, 5.41) is 22.8. The van der Waals surface area contributed by atoms with Gasteiger partial charge in [-0.15, -0.1) is 10.2 Å². The number of aromatic nitrogens is 2. The fourth-order valence-electron chi connectivity index (χ4n) is 1.91. The van der Waals surface area contributed by atoms with E-state index in [-0.39, 0.29) is 11.6 Å². The first-order valence-electron chi connectivity index (χ1n) is 7.48. The van der Waals surface area contributed by atoms with Gasteiger partial charge in [0, 0.05) is 6.54 Å². The lowest BCUT2D eigenvalue weighted by Gasteiger charge is -2.08. The lowest BCUT2D eigenvalue weighted by molar-refractivity contribution is 0.0946. The Hall–Kier alpha value is -2.94. The molecule has 2 rings (SSSR count). The van der Waals surface area contributed by atoms with E-state index in [0.717, 1.165) is 6.42 Å². The van der Waals surface area contributed by atoms with Crippen molar-refractivity contribution in [2.24, 2.45) is 5.92 Å². The van der Waals surface area contributed by atoms with Crippen LogP contribution in [0.25, 0.3) is 0 Å². The van der Waals surface area contributed by atoms with Gasteiger partial charge in [-0.2, -0.15) is 5.26 Å². The minimum atomic E-state index is -0.234. The van der Waals surface area contributed by atoms with Gasteiger partial charge in [0.2, 0.25) is 0 Å². The van der Waals surface area contributed by atoms with Gasteiger partial charge >= 0.3 is 0 Å². The van der Waals surface area contributed by atoms with Gasteiger partial charge in [0.1, 0.15) is 6.07 Å². The van der Waals surface area contributed by atoms with Crippen LogP contribution in [-0.4, -0.2) is 22.6 Å². The second kappa shape index (κ2) is 7.90. The van der Waals surface area contributed by atoms with Gasteiger partial charge in [-0.25, -0.2) is 0 Å². The Balaban J connectivity index is 1.99. The molecule has 0 saturated carbocycles. The number of carbonyl (C=O) groups excluding carboxylic acids is 1. The number of nitrogens with zero attached hydrogens (tertiary/aromatic N) is 3. The molecule has 0 saturated heterocycles. The van der Waals surface area contributed by atoms with Gasteiger partial charge in [-0.05, 0) is 36.6 Å². The van der Waals surface area contributed by atoms with Crippen LogP contribution in [0.2, 0.25) is 0 Å². The van der Waals surface area contributed by atoms with E-state index >= 15 is 0 Å². The Bertz CT molecular complexity index is 704. The third-order valence-electron chi connectivity index (χ3n) is 3.21. The van der Waals surface area contributed by atoms with Crippen molar-refractivity contribution in [1.29, 1.82) is 5.26 Å². The third kappa shape index (κ3) is 4.78. The lowest BCUT2D eigenvalue weighted by atomic mass is 10.1. The first-order chi connectivity index (χ1) is 11.1. The highest BCUT2D eigenvalue weighted by Crippen LogP contribution is 2.18. The predicted octanol–water partition coefficient (Wildman–Crippen LogP) is 2.87. The fourth-order valence-corrected chi connectivity index (χ4v) is 1.91. The predicted molar refractivity (Wildman–Crippen MR) is 88.3 cm³/mol. The molecule has 0 radical (unpaired) electrons. The highest BCUT2D eigenvalue weighted by Gasteiger charge is 2.09. The smallest absolute Gasteiger partial charge is 0.271 e. The van der Waals surface area contributed by atoms with Gasteiger partial charge in [0.05, 0.1) is 11.3 Å². The molecule has 6 nitrogen and oxygen atoms in total. The standard InChI is InChI=1S/C17H19N5O/c1-12(2)9-10-19-17(23)15-7-8-16(22-21-15)20-14-6-4-3-5-13(14)11-18/h3-8,12H,9-10H2,1-2H3,(H,19,23)(H,20,22). The molecule has 0 unspecified atom stereocenters. The quantitative estimate of drug-likeness (QED) is 0.856. The molecule has 2 aromatic rings. The van der Waals surface area contributed by atoms with Crippen molar-refractivity contribution < 1.29 is 4.79 Å². The minimum Gasteiger partial charge on any atom is -0.351 e. The monoisotopic (exact) mass is 309 g/mol. The van der Waals surface area contributed by atoms with Crippen LogP contribution in [0.3, 0.4) is 0 Å². The summed E-state index contributed by atoms with van der Waals surface area (Å²) >= 11 is 0. The molecule has 0 spiro atoms. The number of nitriles is 1. The number of anilines is 2. The number of amides is 1. The molecule has 0 atom stereocenters. The van der Waals surface area contributed by atoms with Crippen molar-refractivity contribution in [2.75, 3.05) is 11.9 Å². The van der Waals surface area contributed by atoms with Crippen LogP contribution in [0.4, 0.5) is 11.5 Å². The molecule has 1 heterocycles. The number of para-hydroxylation sites is 1. The summed E-state index contributed by atoms with van der Waals surface area (Å²) in [4.78, 5) is 11.9. The van der Waals surface area contributed by atoms with Gasteiger partial charge in [-0.3, -0.25) is 4.79 Å². The fraction of sp³-hybridized carbons (Fsp3) is 0.294. The average molecular weight is 309 g/mol. The largest absolute Gasteiger partial charge is 0.351 e. The summed E-state index contributed by atoms with van der Waals surface area (Å²) in [6.45, 7) is 4.82. The average Bonchev–Trinajstić information content (AvgIpc) is 2.55. The van der Waals surface area contributed by atoms with Crippen molar-refractivity contribution in [3.63, 3.8) is 0 Å². The molecule has 2 N–H and O–H groups in total. The van der Waals surface area contributed by atoms with E-state index in [2.05, 4.69) is 40.7 Å². The van der Waals surface area contributed by atoms with E-state index in [0.29, 0.717) is 29.5 Å². The maximum atomic E-state index is 11.9. The van der Waals surface area contributed by atoms with E-state index in [1.54, 1.807) is 30.3 Å². The summed E-state index contributed by atoms with van der Waals surface area (Å²) in [6.07, 6.45) is 0.920. The molecule has 0 fully saturated rings. The molecular weight excluding hydrogens is 290 g/mol. The maximum Gasteiger partial charge on any atom is 0.271 e. The molecule has 1 aromatic carbocycles. The Kier molecular flexibility index (Phi) is 5.64. The summed E-state index contributed by atoms with van der Waals surface area (Å²) < 4.78 is 0. The lowest BCUT2D eigenvalue weighted by Crippen LogP contribution is -2.26. The molecule has 23 heavy (non-hydrogen) atoms. The number of benzene rings is 1. The van der Waals surface area contributed by atoms with Crippen LogP contribution >= 0.6 is 0 Å². The second-order valence-electron chi connectivity index (χ2n) is 5.52. The molecule has 118 valence electrons. The summed E-state index contributed by atoms with van der Waals surface area (Å²) in [5.41, 5.74) is 1.44. The number of rotatable bonds is 6. The van der Waals surface area contributed by atoms with E-state index in [4.69, 9.17) is 5.26 Å². The van der Waals surface area contributed by atoms with Gasteiger partial charge < -0.3 is 10.6 Å². The number of hydrogen-bond donors (Lipinski definition) is 2. The molecular formula is C17H19N5O. The van der Waals surface area contributed by atoms with Gasteiger partial charge in [0.15, 0.2) is 11.5 Å². The normalized spacial score (nSPS) is 10.2. The van der Waals surface area contributed by atoms with E-state index in [1.807, 2.05) is 6.07 Å². The van der Waals surface area contributed by atoms with Crippen molar-refractivity contribution in [2.45, 2.75) is 20.3 Å². The summed E-state index contributed by atoms with van der Waals surface area (Å²) in [7, 11) is 0. The zero-order valence-corrected chi connectivity index (χ0v) is 13.2. The van der Waals surface area contributed by atoms with E-state index < -0.39 is 0 Å². The molecule has 0 aliphatic carbocycles. The highest BCUT2D eigenvalue weighted by molar-refractivity contribution is 5.92. The van der Waals surface area contributed by atoms with E-state index in [1.165, 1.54) is 0 Å². The second-order valence-corrected chi connectivity index (χ2v) is 5.52. The molecule has 1 amide bonds. The SMILES string of the molecule is CC(C)CCNC(=O)c1ccc(Nc2ccccc2C#N)nn1. The van der Waals surface area contributed by atoms with E-state index in [9.17, 15) is 4.79 Å². The van der Waals surface area contributed by atoms with Crippen LogP contribution in [-0.2, 0) is 0 Å². The van der Waals surface area contributed by atoms with Crippen LogP contribution in [0.15, 0.2) is 36.4 Å². The van der Waals surface area contributed by atoms with Crippen molar-refractivity contribution in [1.82, 2.24) is 15.5 Å². The minimum absolute atomic E-state index is 0.234. The number of carbonyl (C=O) groups is 1. The van der Waals surface area contributed by atoms with Gasteiger partial charge in [0.25, 0.3) is 5.91 Å². The molecule has 0 aliphatic rings. The Morgan fingerprint density at radius 1 is 1.22 bits per heavy atom. The first-order valence-corrected chi connectivity index (χ1v) is 7.48. The Morgan fingerprint density at radius 2 is 2.00 bits per heavy atom. The van der Waals surface area contributed by atoms with Crippen molar-refractivity contribution >= 4 is 17.4 Å².